The Bertz CT molecular complexity index is 727. The number of thioether (sulfide) groups is 1. The van der Waals surface area contributed by atoms with E-state index in [1.165, 1.54) is 16.4 Å². The van der Waals surface area contributed by atoms with Crippen molar-refractivity contribution in [2.45, 2.75) is 18.0 Å². The molecule has 0 saturated heterocycles. The maximum atomic E-state index is 12.2. The Balaban J connectivity index is 1.74. The molecule has 0 unspecified atom stereocenters. The molecular weight excluding hydrogens is 290 g/mol. The number of benzene rings is 1. The van der Waals surface area contributed by atoms with Gasteiger partial charge >= 0.3 is 0 Å². The highest BCUT2D eigenvalue weighted by Gasteiger charge is 2.27. The zero-order valence-corrected chi connectivity index (χ0v) is 12.3. The Morgan fingerprint density at radius 1 is 1.48 bits per heavy atom. The largest absolute Gasteiger partial charge is 0.325 e. The maximum Gasteiger partial charge on any atom is 0.231 e. The number of nitrogens with one attached hydrogen (secondary N) is 1. The number of tetrazole rings is 1. The van der Waals surface area contributed by atoms with Gasteiger partial charge in [0.05, 0.1) is 11.7 Å². The zero-order chi connectivity index (χ0) is 15.0. The fraction of sp³-hybridized carbons (Fsp3) is 0.308. The first-order valence-corrected chi connectivity index (χ1v) is 7.38. The second-order valence-corrected chi connectivity index (χ2v) is 5.75. The fourth-order valence-electron chi connectivity index (χ4n) is 2.15. The molecule has 1 aliphatic heterocycles. The van der Waals surface area contributed by atoms with Crippen molar-refractivity contribution in [3.05, 3.63) is 29.3 Å². The van der Waals surface area contributed by atoms with Crippen LogP contribution in [0.2, 0.25) is 0 Å². The summed E-state index contributed by atoms with van der Waals surface area (Å²) in [6, 6.07) is 5.29. The number of carbonyl (C=O) groups excluding carboxylic acids is 2. The highest BCUT2D eigenvalue weighted by molar-refractivity contribution is 7.99. The predicted octanol–water partition coefficient (Wildman–Crippen LogP) is 1.24. The molecule has 1 aromatic carbocycles. The number of nitrogens with zero attached hydrogens (tertiary/aromatic N) is 4. The molecule has 0 aliphatic carbocycles. The molecule has 1 atom stereocenters. The lowest BCUT2D eigenvalue weighted by Crippen LogP contribution is -2.08. The second-order valence-electron chi connectivity index (χ2n) is 4.81. The summed E-state index contributed by atoms with van der Waals surface area (Å²) in [5, 5.41) is 14.4. The molecule has 0 bridgehead atoms. The van der Waals surface area contributed by atoms with Gasteiger partial charge in [-0.05, 0) is 41.1 Å². The Labute approximate surface area is 125 Å². The van der Waals surface area contributed by atoms with Gasteiger partial charge in [0.2, 0.25) is 11.1 Å². The number of carbonyl (C=O) groups is 2. The monoisotopic (exact) mass is 303 g/mol. The van der Waals surface area contributed by atoms with E-state index in [0.29, 0.717) is 10.7 Å². The van der Waals surface area contributed by atoms with E-state index in [1.807, 2.05) is 6.92 Å². The lowest BCUT2D eigenvalue weighted by Gasteiger charge is -2.05. The third kappa shape index (κ3) is 2.54. The highest BCUT2D eigenvalue weighted by atomic mass is 32.2. The smallest absolute Gasteiger partial charge is 0.231 e. The van der Waals surface area contributed by atoms with Crippen molar-refractivity contribution < 1.29 is 9.59 Å². The van der Waals surface area contributed by atoms with Crippen LogP contribution in [0.5, 0.6) is 0 Å². The summed E-state index contributed by atoms with van der Waals surface area (Å²) < 4.78 is 1.52. The molecule has 1 aliphatic rings. The molecule has 0 saturated carbocycles. The summed E-state index contributed by atoms with van der Waals surface area (Å²) in [6.07, 6.45) is 0. The minimum absolute atomic E-state index is 0.0163. The predicted molar refractivity (Wildman–Crippen MR) is 77.3 cm³/mol. The summed E-state index contributed by atoms with van der Waals surface area (Å²) in [5.74, 6) is -0.0159. The van der Waals surface area contributed by atoms with E-state index >= 15 is 0 Å². The summed E-state index contributed by atoms with van der Waals surface area (Å²) in [5.41, 5.74) is 2.25. The lowest BCUT2D eigenvalue weighted by atomic mass is 9.99. The van der Waals surface area contributed by atoms with Crippen LogP contribution in [-0.4, -0.2) is 37.7 Å². The molecule has 21 heavy (non-hydrogen) atoms. The van der Waals surface area contributed by atoms with Gasteiger partial charge in [-0.3, -0.25) is 9.59 Å². The Hall–Kier alpha value is -2.22. The van der Waals surface area contributed by atoms with Crippen molar-refractivity contribution in [2.24, 2.45) is 7.05 Å². The number of aromatic nitrogens is 4. The molecule has 8 heteroatoms. The molecule has 0 spiro atoms. The van der Waals surface area contributed by atoms with E-state index in [-0.39, 0.29) is 23.4 Å². The van der Waals surface area contributed by atoms with Crippen LogP contribution in [0, 0.1) is 0 Å². The average Bonchev–Trinajstić information content (AvgIpc) is 3.01. The quantitative estimate of drug-likeness (QED) is 0.675. The Morgan fingerprint density at radius 2 is 2.29 bits per heavy atom. The Morgan fingerprint density at radius 3 is 3.00 bits per heavy atom. The van der Waals surface area contributed by atoms with Gasteiger partial charge in [0.25, 0.3) is 0 Å². The van der Waals surface area contributed by atoms with Gasteiger partial charge in [0.1, 0.15) is 0 Å². The summed E-state index contributed by atoms with van der Waals surface area (Å²) >= 11 is 1.29. The molecule has 1 amide bonds. The number of Topliss-reactive ketones (excluding diaryl/α,β-unsaturated/α-hetero) is 1. The van der Waals surface area contributed by atoms with Crippen LogP contribution < -0.4 is 5.32 Å². The van der Waals surface area contributed by atoms with Gasteiger partial charge in [0.15, 0.2) is 5.78 Å². The minimum Gasteiger partial charge on any atom is -0.325 e. The van der Waals surface area contributed by atoms with E-state index < -0.39 is 0 Å². The molecule has 1 aromatic heterocycles. The number of fused-ring (bicyclic) bond motifs is 1. The van der Waals surface area contributed by atoms with Gasteiger partial charge in [-0.25, -0.2) is 4.68 Å². The normalized spacial score (nSPS) is 16.7. The van der Waals surface area contributed by atoms with Gasteiger partial charge in [-0.2, -0.15) is 0 Å². The first kappa shape index (κ1) is 13.7. The van der Waals surface area contributed by atoms with Crippen molar-refractivity contribution in [1.29, 1.82) is 0 Å². The van der Waals surface area contributed by atoms with E-state index in [0.717, 1.165) is 11.3 Å². The minimum atomic E-state index is -0.219. The van der Waals surface area contributed by atoms with Crippen molar-refractivity contribution >= 4 is 29.1 Å². The molecule has 3 rings (SSSR count). The second kappa shape index (κ2) is 5.28. The molecule has 2 aromatic rings. The van der Waals surface area contributed by atoms with Gasteiger partial charge < -0.3 is 5.32 Å². The molecule has 7 nitrogen and oxygen atoms in total. The number of rotatable bonds is 4. The number of amides is 1. The van der Waals surface area contributed by atoms with E-state index in [1.54, 1.807) is 25.2 Å². The van der Waals surface area contributed by atoms with Crippen LogP contribution in [0.4, 0.5) is 5.69 Å². The third-order valence-electron chi connectivity index (χ3n) is 3.40. The van der Waals surface area contributed by atoms with Crippen molar-refractivity contribution in [3.8, 4) is 0 Å². The number of hydrogen-bond acceptors (Lipinski definition) is 6. The number of aryl methyl sites for hydroxylation is 1. The fourth-order valence-corrected chi connectivity index (χ4v) is 2.89. The zero-order valence-electron chi connectivity index (χ0n) is 11.5. The van der Waals surface area contributed by atoms with Crippen LogP contribution in [0.1, 0.15) is 28.8 Å². The molecule has 108 valence electrons. The maximum absolute atomic E-state index is 12.2. The average molecular weight is 303 g/mol. The van der Waals surface area contributed by atoms with E-state index in [4.69, 9.17) is 0 Å². The van der Waals surface area contributed by atoms with Crippen LogP contribution in [0.25, 0.3) is 0 Å². The summed E-state index contributed by atoms with van der Waals surface area (Å²) in [6.45, 7) is 1.83. The van der Waals surface area contributed by atoms with E-state index in [2.05, 4.69) is 20.8 Å². The highest BCUT2D eigenvalue weighted by Crippen LogP contribution is 2.33. The Kier molecular flexibility index (Phi) is 3.46. The first-order valence-electron chi connectivity index (χ1n) is 6.39. The van der Waals surface area contributed by atoms with Crippen molar-refractivity contribution in [1.82, 2.24) is 20.2 Å². The molecule has 2 heterocycles. The summed E-state index contributed by atoms with van der Waals surface area (Å²) in [7, 11) is 1.72. The standard InChI is InChI=1S/C13H13N5O2S/c1-7-9-5-8(3-4-10(9)14-12(7)20)11(19)6-21-13-15-16-17-18(13)2/h3-5,7H,6H2,1-2H3,(H,14,20)/t7-/m1/s1. The molecule has 0 radical (unpaired) electrons. The molecular formula is C13H13N5O2S. The lowest BCUT2D eigenvalue weighted by molar-refractivity contribution is -0.116. The van der Waals surface area contributed by atoms with E-state index in [9.17, 15) is 9.59 Å². The SMILES string of the molecule is C[C@H]1C(=O)Nc2ccc(C(=O)CSc3nnnn3C)cc21. The number of ketones is 1. The number of hydrogen-bond donors (Lipinski definition) is 1. The van der Waals surface area contributed by atoms with Crippen LogP contribution in [0.3, 0.4) is 0 Å². The van der Waals surface area contributed by atoms with Crippen molar-refractivity contribution in [2.75, 3.05) is 11.1 Å². The van der Waals surface area contributed by atoms with Gasteiger partial charge in [0, 0.05) is 18.3 Å². The van der Waals surface area contributed by atoms with Gasteiger partial charge in [-0.15, -0.1) is 5.10 Å². The molecule has 1 N–H and O–H groups in total. The van der Waals surface area contributed by atoms with Crippen LogP contribution in [0.15, 0.2) is 23.4 Å². The summed E-state index contributed by atoms with van der Waals surface area (Å²) in [4.78, 5) is 23.8. The van der Waals surface area contributed by atoms with Crippen molar-refractivity contribution in [3.63, 3.8) is 0 Å². The van der Waals surface area contributed by atoms with Gasteiger partial charge in [-0.1, -0.05) is 11.8 Å². The van der Waals surface area contributed by atoms with Crippen LogP contribution in [-0.2, 0) is 11.8 Å². The topological polar surface area (TPSA) is 89.8 Å². The van der Waals surface area contributed by atoms with Crippen LogP contribution >= 0.6 is 11.8 Å². The first-order chi connectivity index (χ1) is 10.1. The third-order valence-corrected chi connectivity index (χ3v) is 4.42. The molecule has 0 fully saturated rings. The number of anilines is 1.